The summed E-state index contributed by atoms with van der Waals surface area (Å²) in [6.07, 6.45) is 4.22. The van der Waals surface area contributed by atoms with E-state index in [1.54, 1.807) is 11.3 Å². The van der Waals surface area contributed by atoms with E-state index in [4.69, 9.17) is 0 Å². The Bertz CT molecular complexity index is 734. The molecule has 3 aromatic rings. The number of anilines is 1. The molecular weight excluding hydrogens is 264 g/mol. The lowest BCUT2D eigenvalue weighted by molar-refractivity contribution is 1.39. The average Bonchev–Trinajstić information content (AvgIpc) is 3.25. The van der Waals surface area contributed by atoms with Crippen molar-refractivity contribution in [2.24, 2.45) is 0 Å². The summed E-state index contributed by atoms with van der Waals surface area (Å²) in [4.78, 5) is 6.96. The molecule has 98 valence electrons. The van der Waals surface area contributed by atoms with Crippen LogP contribution >= 0.6 is 11.3 Å². The van der Waals surface area contributed by atoms with Gasteiger partial charge in [-0.1, -0.05) is 30.3 Å². The van der Waals surface area contributed by atoms with Crippen molar-refractivity contribution in [2.45, 2.75) is 0 Å². The van der Waals surface area contributed by atoms with Gasteiger partial charge in [-0.2, -0.15) is 0 Å². The molecule has 0 radical (unpaired) electrons. The fraction of sp³-hybridized carbons (Fsp3) is 0.118. The molecule has 0 saturated carbocycles. The second kappa shape index (κ2) is 4.76. The molecule has 2 aromatic carbocycles. The number of benzene rings is 2. The molecule has 3 heteroatoms. The lowest BCUT2D eigenvalue weighted by Gasteiger charge is -2.01. The number of thiazole rings is 1. The van der Waals surface area contributed by atoms with Gasteiger partial charge in [0.25, 0.3) is 0 Å². The van der Waals surface area contributed by atoms with Gasteiger partial charge in [0.1, 0.15) is 5.01 Å². The third-order valence-electron chi connectivity index (χ3n) is 3.43. The summed E-state index contributed by atoms with van der Waals surface area (Å²) in [7, 11) is 0. The topological polar surface area (TPSA) is 15.9 Å². The first-order valence-corrected chi connectivity index (χ1v) is 7.59. The summed E-state index contributed by atoms with van der Waals surface area (Å²) in [6.45, 7) is 2.39. The maximum Gasteiger partial charge on any atom is 0.117 e. The van der Waals surface area contributed by atoms with Crippen molar-refractivity contribution < 1.29 is 0 Å². The van der Waals surface area contributed by atoms with Gasteiger partial charge in [0, 0.05) is 18.8 Å². The Labute approximate surface area is 122 Å². The molecule has 1 aliphatic heterocycles. The SMILES string of the molecule is C(=C\c1nc2ccccc2s1)/c1ccc(N2CC2)cc1. The zero-order chi connectivity index (χ0) is 13.4. The smallest absolute Gasteiger partial charge is 0.117 e. The molecule has 0 atom stereocenters. The van der Waals surface area contributed by atoms with Crippen LogP contribution in [-0.2, 0) is 0 Å². The van der Waals surface area contributed by atoms with Crippen molar-refractivity contribution in [1.82, 2.24) is 4.98 Å². The molecular formula is C17H14N2S. The largest absolute Gasteiger partial charge is 0.368 e. The predicted molar refractivity (Wildman–Crippen MR) is 87.2 cm³/mol. The first-order valence-electron chi connectivity index (χ1n) is 6.77. The fourth-order valence-electron chi connectivity index (χ4n) is 2.23. The van der Waals surface area contributed by atoms with Crippen LogP contribution < -0.4 is 4.90 Å². The van der Waals surface area contributed by atoms with Crippen molar-refractivity contribution in [3.63, 3.8) is 0 Å². The first kappa shape index (κ1) is 11.7. The van der Waals surface area contributed by atoms with Crippen LogP contribution in [0.2, 0.25) is 0 Å². The van der Waals surface area contributed by atoms with Gasteiger partial charge in [-0.3, -0.25) is 0 Å². The van der Waals surface area contributed by atoms with E-state index in [0.29, 0.717) is 0 Å². The highest BCUT2D eigenvalue weighted by Gasteiger charge is 2.16. The van der Waals surface area contributed by atoms with E-state index in [2.05, 4.69) is 64.5 Å². The van der Waals surface area contributed by atoms with E-state index in [9.17, 15) is 0 Å². The summed E-state index contributed by atoms with van der Waals surface area (Å²) in [6, 6.07) is 17.0. The van der Waals surface area contributed by atoms with Gasteiger partial charge in [-0.05, 0) is 35.9 Å². The molecule has 20 heavy (non-hydrogen) atoms. The zero-order valence-corrected chi connectivity index (χ0v) is 11.8. The van der Waals surface area contributed by atoms with Crippen LogP contribution in [0.5, 0.6) is 0 Å². The third-order valence-corrected chi connectivity index (χ3v) is 4.44. The second-order valence-corrected chi connectivity index (χ2v) is 5.99. The summed E-state index contributed by atoms with van der Waals surface area (Å²) < 4.78 is 1.24. The van der Waals surface area contributed by atoms with Crippen LogP contribution in [-0.4, -0.2) is 18.1 Å². The predicted octanol–water partition coefficient (Wildman–Crippen LogP) is 4.29. The minimum atomic E-state index is 1.06. The lowest BCUT2D eigenvalue weighted by atomic mass is 10.2. The normalized spacial score (nSPS) is 14.3. The molecule has 1 fully saturated rings. The van der Waals surface area contributed by atoms with Gasteiger partial charge in [-0.15, -0.1) is 11.3 Å². The third kappa shape index (κ3) is 2.32. The molecule has 2 nitrogen and oxygen atoms in total. The monoisotopic (exact) mass is 278 g/mol. The van der Waals surface area contributed by atoms with Crippen molar-refractivity contribution in [1.29, 1.82) is 0 Å². The van der Waals surface area contributed by atoms with Crippen molar-refractivity contribution >= 4 is 39.4 Å². The van der Waals surface area contributed by atoms with Crippen LogP contribution in [0, 0.1) is 0 Å². The molecule has 2 heterocycles. The summed E-state index contributed by atoms with van der Waals surface area (Å²) in [5, 5.41) is 1.06. The molecule has 1 aromatic heterocycles. The highest BCUT2D eigenvalue weighted by Crippen LogP contribution is 2.24. The van der Waals surface area contributed by atoms with E-state index in [0.717, 1.165) is 10.5 Å². The van der Waals surface area contributed by atoms with E-state index in [-0.39, 0.29) is 0 Å². The number of nitrogens with zero attached hydrogens (tertiary/aromatic N) is 2. The second-order valence-electron chi connectivity index (χ2n) is 4.93. The van der Waals surface area contributed by atoms with Crippen LogP contribution in [0.1, 0.15) is 10.6 Å². The minimum Gasteiger partial charge on any atom is -0.368 e. The van der Waals surface area contributed by atoms with Crippen LogP contribution in [0.25, 0.3) is 22.4 Å². The summed E-state index contributed by atoms with van der Waals surface area (Å²) in [5.74, 6) is 0. The fourth-order valence-corrected chi connectivity index (χ4v) is 3.10. The van der Waals surface area contributed by atoms with Gasteiger partial charge in [0.2, 0.25) is 0 Å². The standard InChI is InChI=1S/C17H14N2S/c1-2-4-16-15(3-1)18-17(20-16)10-7-13-5-8-14(9-6-13)19-11-12-19/h1-10H,11-12H2/b10-7+. The van der Waals surface area contributed by atoms with Gasteiger partial charge < -0.3 is 4.90 Å². The van der Waals surface area contributed by atoms with Gasteiger partial charge >= 0.3 is 0 Å². The van der Waals surface area contributed by atoms with Crippen molar-refractivity contribution in [3.05, 3.63) is 59.1 Å². The minimum absolute atomic E-state index is 1.06. The molecule has 0 aliphatic carbocycles. The Morgan fingerprint density at radius 3 is 2.50 bits per heavy atom. The quantitative estimate of drug-likeness (QED) is 0.664. The Kier molecular flexibility index (Phi) is 2.78. The van der Waals surface area contributed by atoms with Crippen LogP contribution in [0.15, 0.2) is 48.5 Å². The Morgan fingerprint density at radius 2 is 1.75 bits per heavy atom. The first-order chi connectivity index (χ1) is 9.88. The van der Waals surface area contributed by atoms with Crippen molar-refractivity contribution in [2.75, 3.05) is 18.0 Å². The van der Waals surface area contributed by atoms with Crippen LogP contribution in [0.4, 0.5) is 5.69 Å². The van der Waals surface area contributed by atoms with Crippen molar-refractivity contribution in [3.8, 4) is 0 Å². The van der Waals surface area contributed by atoms with E-state index >= 15 is 0 Å². The highest BCUT2D eigenvalue weighted by molar-refractivity contribution is 7.19. The number of para-hydroxylation sites is 1. The number of rotatable bonds is 3. The van der Waals surface area contributed by atoms with Gasteiger partial charge in [0.05, 0.1) is 10.2 Å². The molecule has 4 rings (SSSR count). The summed E-state index contributed by atoms with van der Waals surface area (Å²) >= 11 is 1.73. The van der Waals surface area contributed by atoms with E-state index in [1.165, 1.54) is 29.0 Å². The van der Waals surface area contributed by atoms with Crippen LogP contribution in [0.3, 0.4) is 0 Å². The molecule has 0 amide bonds. The maximum absolute atomic E-state index is 4.61. The lowest BCUT2D eigenvalue weighted by Crippen LogP contribution is -1.89. The Balaban J connectivity index is 1.57. The molecule has 0 unspecified atom stereocenters. The molecule has 0 spiro atoms. The Hall–Kier alpha value is -2.13. The maximum atomic E-state index is 4.61. The molecule has 1 saturated heterocycles. The number of hydrogen-bond acceptors (Lipinski definition) is 3. The zero-order valence-electron chi connectivity index (χ0n) is 11.0. The van der Waals surface area contributed by atoms with E-state index in [1.807, 2.05) is 6.07 Å². The number of fused-ring (bicyclic) bond motifs is 1. The number of hydrogen-bond donors (Lipinski definition) is 0. The Morgan fingerprint density at radius 1 is 0.950 bits per heavy atom. The molecule has 0 bridgehead atoms. The number of aromatic nitrogens is 1. The average molecular weight is 278 g/mol. The summed E-state index contributed by atoms with van der Waals surface area (Å²) in [5.41, 5.74) is 3.62. The van der Waals surface area contributed by atoms with Gasteiger partial charge in [-0.25, -0.2) is 4.98 Å². The highest BCUT2D eigenvalue weighted by atomic mass is 32.1. The van der Waals surface area contributed by atoms with E-state index < -0.39 is 0 Å². The molecule has 1 aliphatic rings. The van der Waals surface area contributed by atoms with Gasteiger partial charge in [0.15, 0.2) is 0 Å². The molecule has 0 N–H and O–H groups in total.